The summed E-state index contributed by atoms with van der Waals surface area (Å²) in [6.45, 7) is 2.34. The Bertz CT molecular complexity index is 478. The third-order valence-corrected chi connectivity index (χ3v) is 2.55. The Kier molecular flexibility index (Phi) is 3.78. The zero-order valence-corrected chi connectivity index (χ0v) is 10.1. The van der Waals surface area contributed by atoms with Crippen molar-refractivity contribution >= 4 is 0 Å². The molecule has 0 heterocycles. The largest absolute Gasteiger partial charge is 0.467 e. The maximum atomic E-state index is 5.57. The van der Waals surface area contributed by atoms with E-state index in [1.54, 1.807) is 7.11 Å². The molecule has 0 amide bonds. The first-order valence-electron chi connectivity index (χ1n) is 5.59. The van der Waals surface area contributed by atoms with Gasteiger partial charge < -0.3 is 9.47 Å². The molecule has 88 valence electrons. The van der Waals surface area contributed by atoms with Crippen LogP contribution in [0, 0.1) is 6.92 Å². The lowest BCUT2D eigenvalue weighted by Crippen LogP contribution is -2.00. The number of hydrogen-bond donors (Lipinski definition) is 0. The van der Waals surface area contributed by atoms with Crippen LogP contribution in [0.1, 0.15) is 5.56 Å². The molecule has 0 bridgehead atoms. The average Bonchev–Trinajstić information content (AvgIpc) is 2.38. The molecule has 0 spiro atoms. The summed E-state index contributed by atoms with van der Waals surface area (Å²) in [5, 5.41) is 0. The fraction of sp³-hybridized carbons (Fsp3) is 0.200. The fourth-order valence-corrected chi connectivity index (χ4v) is 1.74. The molecule has 2 nitrogen and oxygen atoms in total. The van der Waals surface area contributed by atoms with Gasteiger partial charge in [-0.15, -0.1) is 0 Å². The standard InChI is InChI=1S/C15H16O2/c1-12-8-9-15(17-11-16-2)14(10-12)13-6-4-3-5-7-13/h3-10H,11H2,1-2H3. The highest BCUT2D eigenvalue weighted by molar-refractivity contribution is 5.71. The van der Waals surface area contributed by atoms with E-state index < -0.39 is 0 Å². The second-order valence-electron chi connectivity index (χ2n) is 3.92. The third-order valence-electron chi connectivity index (χ3n) is 2.55. The molecule has 0 aliphatic carbocycles. The summed E-state index contributed by atoms with van der Waals surface area (Å²) in [4.78, 5) is 0. The summed E-state index contributed by atoms with van der Waals surface area (Å²) in [5.74, 6) is 0.851. The molecule has 0 aliphatic heterocycles. The second kappa shape index (κ2) is 5.51. The topological polar surface area (TPSA) is 18.5 Å². The van der Waals surface area contributed by atoms with Crippen LogP contribution in [0.15, 0.2) is 48.5 Å². The molecule has 0 saturated carbocycles. The van der Waals surface area contributed by atoms with Gasteiger partial charge in [0.1, 0.15) is 5.75 Å². The van der Waals surface area contributed by atoms with E-state index in [0.717, 1.165) is 16.9 Å². The van der Waals surface area contributed by atoms with Gasteiger partial charge in [-0.1, -0.05) is 42.0 Å². The van der Waals surface area contributed by atoms with Crippen LogP contribution in [0.2, 0.25) is 0 Å². The molecular formula is C15H16O2. The molecule has 0 fully saturated rings. The predicted molar refractivity (Wildman–Crippen MR) is 69.1 cm³/mol. The van der Waals surface area contributed by atoms with Crippen LogP contribution in [0.25, 0.3) is 11.1 Å². The minimum absolute atomic E-state index is 0.267. The first kappa shape index (κ1) is 11.7. The highest BCUT2D eigenvalue weighted by Gasteiger charge is 2.06. The van der Waals surface area contributed by atoms with Crippen molar-refractivity contribution in [1.82, 2.24) is 0 Å². The molecule has 2 rings (SSSR count). The van der Waals surface area contributed by atoms with Gasteiger partial charge in [-0.25, -0.2) is 0 Å². The van der Waals surface area contributed by atoms with E-state index in [4.69, 9.17) is 9.47 Å². The summed E-state index contributed by atoms with van der Waals surface area (Å²) >= 11 is 0. The maximum Gasteiger partial charge on any atom is 0.188 e. The molecule has 0 aromatic heterocycles. The number of rotatable bonds is 4. The molecule has 2 aromatic carbocycles. The van der Waals surface area contributed by atoms with E-state index in [1.807, 2.05) is 30.3 Å². The van der Waals surface area contributed by atoms with Crippen LogP contribution in [0.5, 0.6) is 5.75 Å². The van der Waals surface area contributed by atoms with Crippen LogP contribution >= 0.6 is 0 Å². The van der Waals surface area contributed by atoms with Gasteiger partial charge in [0.05, 0.1) is 0 Å². The Morgan fingerprint density at radius 1 is 1.00 bits per heavy atom. The normalized spacial score (nSPS) is 10.2. The van der Waals surface area contributed by atoms with Crippen molar-refractivity contribution in [2.75, 3.05) is 13.9 Å². The number of aryl methyl sites for hydroxylation is 1. The Morgan fingerprint density at radius 2 is 1.76 bits per heavy atom. The molecular weight excluding hydrogens is 212 g/mol. The van der Waals surface area contributed by atoms with Gasteiger partial charge in [0.25, 0.3) is 0 Å². The molecule has 0 saturated heterocycles. The van der Waals surface area contributed by atoms with Crippen LogP contribution < -0.4 is 4.74 Å². The molecule has 0 N–H and O–H groups in total. The van der Waals surface area contributed by atoms with Gasteiger partial charge in [0.15, 0.2) is 6.79 Å². The Hall–Kier alpha value is -1.80. The van der Waals surface area contributed by atoms with Crippen molar-refractivity contribution in [3.05, 3.63) is 54.1 Å². The lowest BCUT2D eigenvalue weighted by molar-refractivity contribution is 0.0515. The zero-order valence-electron chi connectivity index (χ0n) is 10.1. The fourth-order valence-electron chi connectivity index (χ4n) is 1.74. The van der Waals surface area contributed by atoms with Crippen molar-refractivity contribution in [2.24, 2.45) is 0 Å². The summed E-state index contributed by atoms with van der Waals surface area (Å²) < 4.78 is 10.5. The molecule has 0 radical (unpaired) electrons. The van der Waals surface area contributed by atoms with E-state index in [2.05, 4.69) is 25.1 Å². The third kappa shape index (κ3) is 2.86. The number of hydrogen-bond acceptors (Lipinski definition) is 2. The van der Waals surface area contributed by atoms with Gasteiger partial charge in [-0.3, -0.25) is 0 Å². The molecule has 17 heavy (non-hydrogen) atoms. The summed E-state index contributed by atoms with van der Waals surface area (Å²) in [6, 6.07) is 16.4. The van der Waals surface area contributed by atoms with E-state index in [9.17, 15) is 0 Å². The smallest absolute Gasteiger partial charge is 0.188 e. The molecule has 2 heteroatoms. The van der Waals surface area contributed by atoms with Gasteiger partial charge in [0, 0.05) is 12.7 Å². The first-order valence-corrected chi connectivity index (χ1v) is 5.59. The molecule has 0 unspecified atom stereocenters. The van der Waals surface area contributed by atoms with E-state index in [-0.39, 0.29) is 6.79 Å². The highest BCUT2D eigenvalue weighted by atomic mass is 16.7. The predicted octanol–water partition coefficient (Wildman–Crippen LogP) is 3.64. The Labute approximate surface area is 102 Å². The Morgan fingerprint density at radius 3 is 2.47 bits per heavy atom. The van der Waals surface area contributed by atoms with Crippen molar-refractivity contribution < 1.29 is 9.47 Å². The van der Waals surface area contributed by atoms with E-state index in [1.165, 1.54) is 5.56 Å². The second-order valence-corrected chi connectivity index (χ2v) is 3.92. The molecule has 2 aromatic rings. The lowest BCUT2D eigenvalue weighted by Gasteiger charge is -2.11. The summed E-state index contributed by atoms with van der Waals surface area (Å²) in [5.41, 5.74) is 3.47. The SMILES string of the molecule is COCOc1ccc(C)cc1-c1ccccc1. The number of ether oxygens (including phenoxy) is 2. The molecule has 0 aliphatic rings. The highest BCUT2D eigenvalue weighted by Crippen LogP contribution is 2.30. The first-order chi connectivity index (χ1) is 8.31. The zero-order chi connectivity index (χ0) is 12.1. The van der Waals surface area contributed by atoms with Crippen LogP contribution in [-0.2, 0) is 4.74 Å². The van der Waals surface area contributed by atoms with Gasteiger partial charge in [0.2, 0.25) is 0 Å². The van der Waals surface area contributed by atoms with Crippen molar-refractivity contribution in [3.63, 3.8) is 0 Å². The van der Waals surface area contributed by atoms with Gasteiger partial charge in [-0.05, 0) is 24.6 Å². The quantitative estimate of drug-likeness (QED) is 0.744. The van der Waals surface area contributed by atoms with E-state index in [0.29, 0.717) is 0 Å². The van der Waals surface area contributed by atoms with E-state index >= 15 is 0 Å². The van der Waals surface area contributed by atoms with Crippen LogP contribution in [-0.4, -0.2) is 13.9 Å². The maximum absolute atomic E-state index is 5.57. The number of benzene rings is 2. The molecule has 0 atom stereocenters. The van der Waals surface area contributed by atoms with Crippen LogP contribution in [0.3, 0.4) is 0 Å². The van der Waals surface area contributed by atoms with Gasteiger partial charge in [-0.2, -0.15) is 0 Å². The minimum atomic E-state index is 0.267. The monoisotopic (exact) mass is 228 g/mol. The van der Waals surface area contributed by atoms with Crippen molar-refractivity contribution in [3.8, 4) is 16.9 Å². The lowest BCUT2D eigenvalue weighted by atomic mass is 10.0. The van der Waals surface area contributed by atoms with Crippen LogP contribution in [0.4, 0.5) is 0 Å². The van der Waals surface area contributed by atoms with Crippen molar-refractivity contribution in [1.29, 1.82) is 0 Å². The summed E-state index contributed by atoms with van der Waals surface area (Å²) in [6.07, 6.45) is 0. The van der Waals surface area contributed by atoms with Crippen molar-refractivity contribution in [2.45, 2.75) is 6.92 Å². The minimum Gasteiger partial charge on any atom is -0.467 e. The number of methoxy groups -OCH3 is 1. The van der Waals surface area contributed by atoms with Gasteiger partial charge >= 0.3 is 0 Å². The average molecular weight is 228 g/mol. The summed E-state index contributed by atoms with van der Waals surface area (Å²) in [7, 11) is 1.62. The Balaban J connectivity index is 2.40.